The minimum atomic E-state index is -0.174. The number of benzene rings is 3. The van der Waals surface area contributed by atoms with Crippen molar-refractivity contribution in [2.45, 2.75) is 6.04 Å². The Kier molecular flexibility index (Phi) is 4.09. The van der Waals surface area contributed by atoms with E-state index in [1.165, 1.54) is 10.8 Å². The Morgan fingerprint density at radius 1 is 0.905 bits per heavy atom. The third kappa shape index (κ3) is 3.18. The van der Waals surface area contributed by atoms with Crippen molar-refractivity contribution < 1.29 is 4.74 Å². The van der Waals surface area contributed by atoms with Gasteiger partial charge in [0.1, 0.15) is 12.4 Å². The van der Waals surface area contributed by atoms with E-state index in [-0.39, 0.29) is 6.04 Å². The molecule has 3 aromatic carbocycles. The highest BCUT2D eigenvalue weighted by Crippen LogP contribution is 2.24. The molecule has 0 spiro atoms. The second-order valence-electron chi connectivity index (χ2n) is 4.94. The van der Waals surface area contributed by atoms with Gasteiger partial charge in [0.05, 0.1) is 6.04 Å². The maximum Gasteiger partial charge on any atom is 0.119 e. The topological polar surface area (TPSA) is 35.2 Å². The standard InChI is InChI=1S/C18H16ClNO/c19-14-8-10-15(11-9-14)21-12-18(20)17-7-3-5-13-4-1-2-6-16(13)17/h1-11,18H,12,20H2. The van der Waals surface area contributed by atoms with Crippen LogP contribution in [0.2, 0.25) is 5.02 Å². The maximum atomic E-state index is 6.29. The highest BCUT2D eigenvalue weighted by Gasteiger charge is 2.10. The van der Waals surface area contributed by atoms with Crippen LogP contribution in [0.3, 0.4) is 0 Å². The van der Waals surface area contributed by atoms with Crippen molar-refractivity contribution in [2.75, 3.05) is 6.61 Å². The monoisotopic (exact) mass is 297 g/mol. The van der Waals surface area contributed by atoms with E-state index >= 15 is 0 Å². The van der Waals surface area contributed by atoms with Crippen molar-refractivity contribution in [3.63, 3.8) is 0 Å². The second kappa shape index (κ2) is 6.17. The molecule has 1 atom stereocenters. The average molecular weight is 298 g/mol. The third-order valence-corrected chi connectivity index (χ3v) is 3.72. The molecule has 0 radical (unpaired) electrons. The van der Waals surface area contributed by atoms with Crippen molar-refractivity contribution in [2.24, 2.45) is 5.73 Å². The van der Waals surface area contributed by atoms with E-state index in [0.29, 0.717) is 11.6 Å². The van der Waals surface area contributed by atoms with Gasteiger partial charge >= 0.3 is 0 Å². The zero-order valence-corrected chi connectivity index (χ0v) is 12.3. The summed E-state index contributed by atoms with van der Waals surface area (Å²) in [5.74, 6) is 0.773. The minimum Gasteiger partial charge on any atom is -0.492 e. The lowest BCUT2D eigenvalue weighted by atomic mass is 10.00. The van der Waals surface area contributed by atoms with Crippen LogP contribution in [0.1, 0.15) is 11.6 Å². The molecule has 0 amide bonds. The Balaban J connectivity index is 1.78. The molecule has 3 heteroatoms. The predicted molar refractivity (Wildman–Crippen MR) is 87.8 cm³/mol. The number of nitrogens with two attached hydrogens (primary N) is 1. The first-order valence-corrected chi connectivity index (χ1v) is 7.23. The summed E-state index contributed by atoms with van der Waals surface area (Å²) in [6.45, 7) is 0.426. The fourth-order valence-corrected chi connectivity index (χ4v) is 2.51. The molecule has 0 aromatic heterocycles. The van der Waals surface area contributed by atoms with E-state index in [0.717, 1.165) is 11.3 Å². The van der Waals surface area contributed by atoms with E-state index in [2.05, 4.69) is 24.3 Å². The molecule has 106 valence electrons. The first kappa shape index (κ1) is 13.9. The quantitative estimate of drug-likeness (QED) is 0.765. The minimum absolute atomic E-state index is 0.174. The van der Waals surface area contributed by atoms with Crippen LogP contribution < -0.4 is 10.5 Å². The molecule has 2 nitrogen and oxygen atoms in total. The van der Waals surface area contributed by atoms with Gasteiger partial charge in [-0.05, 0) is 40.6 Å². The third-order valence-electron chi connectivity index (χ3n) is 3.47. The van der Waals surface area contributed by atoms with Crippen molar-refractivity contribution in [1.82, 2.24) is 0 Å². The van der Waals surface area contributed by atoms with Gasteiger partial charge in [-0.3, -0.25) is 0 Å². The van der Waals surface area contributed by atoms with E-state index in [1.807, 2.05) is 30.3 Å². The van der Waals surface area contributed by atoms with Crippen LogP contribution >= 0.6 is 11.6 Å². The summed E-state index contributed by atoms with van der Waals surface area (Å²) in [6.07, 6.45) is 0. The van der Waals surface area contributed by atoms with Crippen LogP contribution in [0.5, 0.6) is 5.75 Å². The van der Waals surface area contributed by atoms with E-state index < -0.39 is 0 Å². The molecule has 2 N–H and O–H groups in total. The second-order valence-corrected chi connectivity index (χ2v) is 5.38. The molecular formula is C18H16ClNO. The van der Waals surface area contributed by atoms with E-state index in [9.17, 15) is 0 Å². The molecule has 0 saturated carbocycles. The van der Waals surface area contributed by atoms with Crippen LogP contribution in [-0.4, -0.2) is 6.61 Å². The zero-order valence-electron chi connectivity index (χ0n) is 11.5. The van der Waals surface area contributed by atoms with Gasteiger partial charge in [-0.25, -0.2) is 0 Å². The van der Waals surface area contributed by atoms with Crippen LogP contribution in [0.4, 0.5) is 0 Å². The number of hydrogen-bond acceptors (Lipinski definition) is 2. The molecule has 0 bridgehead atoms. The van der Waals surface area contributed by atoms with Gasteiger partial charge < -0.3 is 10.5 Å². The number of ether oxygens (including phenoxy) is 1. The normalized spacial score (nSPS) is 12.3. The van der Waals surface area contributed by atoms with Crippen molar-refractivity contribution in [1.29, 1.82) is 0 Å². The molecule has 3 rings (SSSR count). The molecule has 0 aliphatic rings. The number of halogens is 1. The molecule has 3 aromatic rings. The fourth-order valence-electron chi connectivity index (χ4n) is 2.38. The first-order valence-electron chi connectivity index (χ1n) is 6.85. The molecule has 0 aliphatic heterocycles. The molecule has 21 heavy (non-hydrogen) atoms. The molecule has 1 unspecified atom stereocenters. The summed E-state index contributed by atoms with van der Waals surface area (Å²) < 4.78 is 5.74. The highest BCUT2D eigenvalue weighted by molar-refractivity contribution is 6.30. The lowest BCUT2D eigenvalue weighted by Gasteiger charge is -2.16. The zero-order chi connectivity index (χ0) is 14.7. The van der Waals surface area contributed by atoms with Gasteiger partial charge in [-0.2, -0.15) is 0 Å². The summed E-state index contributed by atoms with van der Waals surface area (Å²) in [6, 6.07) is 21.5. The van der Waals surface area contributed by atoms with Gasteiger partial charge in [0, 0.05) is 5.02 Å². The Morgan fingerprint density at radius 3 is 2.43 bits per heavy atom. The van der Waals surface area contributed by atoms with Gasteiger partial charge in [0.15, 0.2) is 0 Å². The number of hydrogen-bond donors (Lipinski definition) is 1. The predicted octanol–water partition coefficient (Wildman–Crippen LogP) is 4.57. The van der Waals surface area contributed by atoms with Crippen LogP contribution in [0, 0.1) is 0 Å². The van der Waals surface area contributed by atoms with Crippen molar-refractivity contribution in [3.8, 4) is 5.75 Å². The van der Waals surface area contributed by atoms with Gasteiger partial charge in [-0.1, -0.05) is 54.1 Å². The lowest BCUT2D eigenvalue weighted by molar-refractivity contribution is 0.291. The summed E-state index contributed by atoms with van der Waals surface area (Å²) in [4.78, 5) is 0. The van der Waals surface area contributed by atoms with Gasteiger partial charge in [-0.15, -0.1) is 0 Å². The molecule has 0 fully saturated rings. The SMILES string of the molecule is NC(COc1ccc(Cl)cc1)c1cccc2ccccc12. The molecule has 0 aliphatic carbocycles. The highest BCUT2D eigenvalue weighted by atomic mass is 35.5. The lowest BCUT2D eigenvalue weighted by Crippen LogP contribution is -2.19. The number of rotatable bonds is 4. The summed E-state index contributed by atoms with van der Waals surface area (Å²) in [5.41, 5.74) is 7.39. The Morgan fingerprint density at radius 2 is 1.62 bits per heavy atom. The number of fused-ring (bicyclic) bond motifs is 1. The summed E-state index contributed by atoms with van der Waals surface area (Å²) in [5, 5.41) is 3.06. The largest absolute Gasteiger partial charge is 0.492 e. The Labute approximate surface area is 129 Å². The molecule has 0 saturated heterocycles. The van der Waals surface area contributed by atoms with Crippen LogP contribution in [0.25, 0.3) is 10.8 Å². The summed E-state index contributed by atoms with van der Waals surface area (Å²) in [7, 11) is 0. The van der Waals surface area contributed by atoms with Gasteiger partial charge in [0.2, 0.25) is 0 Å². The maximum absolute atomic E-state index is 6.29. The fraction of sp³-hybridized carbons (Fsp3) is 0.111. The Hall–Kier alpha value is -2.03. The summed E-state index contributed by atoms with van der Waals surface area (Å²) >= 11 is 5.86. The van der Waals surface area contributed by atoms with Crippen molar-refractivity contribution >= 4 is 22.4 Å². The van der Waals surface area contributed by atoms with Crippen LogP contribution in [-0.2, 0) is 0 Å². The van der Waals surface area contributed by atoms with E-state index in [4.69, 9.17) is 22.1 Å². The molecule has 0 heterocycles. The molecular weight excluding hydrogens is 282 g/mol. The van der Waals surface area contributed by atoms with E-state index in [1.54, 1.807) is 12.1 Å². The van der Waals surface area contributed by atoms with Crippen LogP contribution in [0.15, 0.2) is 66.7 Å². The van der Waals surface area contributed by atoms with Crippen molar-refractivity contribution in [3.05, 3.63) is 77.3 Å². The first-order chi connectivity index (χ1) is 10.2. The average Bonchev–Trinajstić information content (AvgIpc) is 2.53. The van der Waals surface area contributed by atoms with Gasteiger partial charge in [0.25, 0.3) is 0 Å². The Bertz CT molecular complexity index is 734. The smallest absolute Gasteiger partial charge is 0.119 e.